The zero-order valence-corrected chi connectivity index (χ0v) is 10.5. The van der Waals surface area contributed by atoms with Gasteiger partial charge in [-0.3, -0.25) is 9.59 Å². The van der Waals surface area contributed by atoms with Crippen LogP contribution in [0.1, 0.15) is 25.0 Å². The van der Waals surface area contributed by atoms with Crippen LogP contribution in [-0.4, -0.2) is 17.0 Å². The molecular weight excluding hydrogens is 218 g/mol. The molecule has 0 radical (unpaired) electrons. The average molecular weight is 235 g/mol. The van der Waals surface area contributed by atoms with Crippen molar-refractivity contribution in [2.45, 2.75) is 27.7 Å². The summed E-state index contributed by atoms with van der Waals surface area (Å²) in [6, 6.07) is 5.47. The van der Waals surface area contributed by atoms with Gasteiger partial charge in [-0.25, -0.2) is 0 Å². The molecule has 4 nitrogen and oxygen atoms in total. The normalized spacial score (nSPS) is 11.1. The SMILES string of the molecule is Cc1ccc(NC(=O)C(C)(C)C(=O)O)cc1C. The van der Waals surface area contributed by atoms with E-state index in [0.717, 1.165) is 11.1 Å². The molecule has 0 aliphatic carbocycles. The first kappa shape index (κ1) is 13.2. The van der Waals surface area contributed by atoms with E-state index in [1.807, 2.05) is 26.0 Å². The Bertz CT molecular complexity index is 464. The number of carbonyl (C=O) groups is 2. The Balaban J connectivity index is 2.89. The highest BCUT2D eigenvalue weighted by atomic mass is 16.4. The van der Waals surface area contributed by atoms with Gasteiger partial charge in [-0.2, -0.15) is 0 Å². The molecule has 0 saturated carbocycles. The Morgan fingerprint density at radius 1 is 1.18 bits per heavy atom. The van der Waals surface area contributed by atoms with Crippen LogP contribution in [0.4, 0.5) is 5.69 Å². The van der Waals surface area contributed by atoms with Gasteiger partial charge in [0, 0.05) is 5.69 Å². The van der Waals surface area contributed by atoms with Crippen LogP contribution >= 0.6 is 0 Å². The van der Waals surface area contributed by atoms with E-state index < -0.39 is 17.3 Å². The molecule has 0 unspecified atom stereocenters. The molecule has 0 bridgehead atoms. The molecule has 0 heterocycles. The Morgan fingerprint density at radius 3 is 2.24 bits per heavy atom. The summed E-state index contributed by atoms with van der Waals surface area (Å²) < 4.78 is 0. The fraction of sp³-hybridized carbons (Fsp3) is 0.385. The second kappa shape index (κ2) is 4.57. The van der Waals surface area contributed by atoms with Gasteiger partial charge in [0.2, 0.25) is 5.91 Å². The summed E-state index contributed by atoms with van der Waals surface area (Å²) in [7, 11) is 0. The van der Waals surface area contributed by atoms with Crippen LogP contribution in [0.2, 0.25) is 0 Å². The highest BCUT2D eigenvalue weighted by molar-refractivity contribution is 6.07. The maximum Gasteiger partial charge on any atom is 0.318 e. The van der Waals surface area contributed by atoms with Gasteiger partial charge in [0.15, 0.2) is 0 Å². The third-order valence-corrected chi connectivity index (χ3v) is 2.87. The van der Waals surface area contributed by atoms with E-state index in [1.165, 1.54) is 13.8 Å². The number of hydrogen-bond donors (Lipinski definition) is 2. The van der Waals surface area contributed by atoms with Gasteiger partial charge in [-0.05, 0) is 51.0 Å². The average Bonchev–Trinajstić information content (AvgIpc) is 2.23. The molecule has 0 aliphatic rings. The fourth-order valence-corrected chi connectivity index (χ4v) is 1.20. The molecule has 1 amide bonds. The van der Waals surface area contributed by atoms with Gasteiger partial charge in [0.05, 0.1) is 0 Å². The molecule has 1 aromatic rings. The maximum atomic E-state index is 11.8. The first-order valence-electron chi connectivity index (χ1n) is 5.37. The quantitative estimate of drug-likeness (QED) is 0.790. The van der Waals surface area contributed by atoms with E-state index in [2.05, 4.69) is 5.32 Å². The van der Waals surface area contributed by atoms with Crippen molar-refractivity contribution >= 4 is 17.6 Å². The van der Waals surface area contributed by atoms with Crippen molar-refractivity contribution < 1.29 is 14.7 Å². The molecule has 2 N–H and O–H groups in total. The van der Waals surface area contributed by atoms with Gasteiger partial charge < -0.3 is 10.4 Å². The molecule has 17 heavy (non-hydrogen) atoms. The number of carboxylic acids is 1. The van der Waals surface area contributed by atoms with Crippen LogP contribution < -0.4 is 5.32 Å². The summed E-state index contributed by atoms with van der Waals surface area (Å²) in [5.74, 6) is -1.66. The van der Waals surface area contributed by atoms with Gasteiger partial charge in [-0.1, -0.05) is 6.07 Å². The van der Waals surface area contributed by atoms with E-state index in [9.17, 15) is 9.59 Å². The number of aliphatic carboxylic acids is 1. The smallest absolute Gasteiger partial charge is 0.318 e. The predicted octanol–water partition coefficient (Wildman–Crippen LogP) is 2.35. The van der Waals surface area contributed by atoms with Crippen LogP contribution in [0.3, 0.4) is 0 Å². The monoisotopic (exact) mass is 235 g/mol. The minimum Gasteiger partial charge on any atom is -0.480 e. The molecule has 92 valence electrons. The molecule has 0 aliphatic heterocycles. The number of carbonyl (C=O) groups excluding carboxylic acids is 1. The second-order valence-corrected chi connectivity index (χ2v) is 4.68. The second-order valence-electron chi connectivity index (χ2n) is 4.68. The third-order valence-electron chi connectivity index (χ3n) is 2.87. The van der Waals surface area contributed by atoms with Crippen molar-refractivity contribution in [1.29, 1.82) is 0 Å². The number of benzene rings is 1. The van der Waals surface area contributed by atoms with E-state index in [-0.39, 0.29) is 0 Å². The molecule has 0 spiro atoms. The van der Waals surface area contributed by atoms with Crippen molar-refractivity contribution in [3.8, 4) is 0 Å². The van der Waals surface area contributed by atoms with E-state index >= 15 is 0 Å². The van der Waals surface area contributed by atoms with Crippen molar-refractivity contribution in [1.82, 2.24) is 0 Å². The molecule has 1 rings (SSSR count). The Kier molecular flexibility index (Phi) is 3.56. The summed E-state index contributed by atoms with van der Waals surface area (Å²) in [6.45, 7) is 6.67. The lowest BCUT2D eigenvalue weighted by Crippen LogP contribution is -2.37. The highest BCUT2D eigenvalue weighted by Gasteiger charge is 2.35. The van der Waals surface area contributed by atoms with Crippen LogP contribution in [0.25, 0.3) is 0 Å². The summed E-state index contributed by atoms with van der Waals surface area (Å²) in [5.41, 5.74) is 1.36. The predicted molar refractivity (Wildman–Crippen MR) is 66.0 cm³/mol. The lowest BCUT2D eigenvalue weighted by molar-refractivity contribution is -0.151. The standard InChI is InChI=1S/C13H17NO3/c1-8-5-6-10(7-9(8)2)14-11(15)13(3,4)12(16)17/h5-7H,1-4H3,(H,14,15)(H,16,17). The van der Waals surface area contributed by atoms with Crippen molar-refractivity contribution in [2.24, 2.45) is 5.41 Å². The Hall–Kier alpha value is -1.84. The zero-order valence-electron chi connectivity index (χ0n) is 10.5. The fourth-order valence-electron chi connectivity index (χ4n) is 1.20. The van der Waals surface area contributed by atoms with Gasteiger partial charge in [-0.15, -0.1) is 0 Å². The Labute approximate surface area is 101 Å². The lowest BCUT2D eigenvalue weighted by atomic mass is 9.92. The minimum absolute atomic E-state index is 0.520. The molecule has 1 aromatic carbocycles. The van der Waals surface area contributed by atoms with Crippen LogP contribution in [0, 0.1) is 19.3 Å². The van der Waals surface area contributed by atoms with Crippen molar-refractivity contribution in [3.63, 3.8) is 0 Å². The first-order valence-corrected chi connectivity index (χ1v) is 5.37. The number of amides is 1. The van der Waals surface area contributed by atoms with Gasteiger partial charge in [0.25, 0.3) is 0 Å². The number of carboxylic acid groups (broad SMARTS) is 1. The molecule has 0 fully saturated rings. The van der Waals surface area contributed by atoms with Gasteiger partial charge >= 0.3 is 5.97 Å². The lowest BCUT2D eigenvalue weighted by Gasteiger charge is -2.18. The van der Waals surface area contributed by atoms with Crippen LogP contribution in [0.5, 0.6) is 0 Å². The van der Waals surface area contributed by atoms with Crippen molar-refractivity contribution in [2.75, 3.05) is 5.32 Å². The minimum atomic E-state index is -1.43. The van der Waals surface area contributed by atoms with Crippen molar-refractivity contribution in [3.05, 3.63) is 29.3 Å². The summed E-state index contributed by atoms with van der Waals surface area (Å²) in [4.78, 5) is 22.7. The maximum absolute atomic E-state index is 11.8. The number of hydrogen-bond acceptors (Lipinski definition) is 2. The Morgan fingerprint density at radius 2 is 1.76 bits per heavy atom. The number of aryl methyl sites for hydroxylation is 2. The van der Waals surface area contributed by atoms with Crippen LogP contribution in [-0.2, 0) is 9.59 Å². The summed E-state index contributed by atoms with van der Waals surface area (Å²) >= 11 is 0. The number of rotatable bonds is 3. The summed E-state index contributed by atoms with van der Waals surface area (Å²) in [6.07, 6.45) is 0. The third kappa shape index (κ3) is 2.84. The van der Waals surface area contributed by atoms with Gasteiger partial charge in [0.1, 0.15) is 5.41 Å². The van der Waals surface area contributed by atoms with E-state index in [1.54, 1.807) is 6.07 Å². The molecule has 4 heteroatoms. The number of anilines is 1. The number of nitrogens with one attached hydrogen (secondary N) is 1. The first-order chi connectivity index (χ1) is 7.75. The zero-order chi connectivity index (χ0) is 13.2. The van der Waals surface area contributed by atoms with Crippen LogP contribution in [0.15, 0.2) is 18.2 Å². The molecule has 0 saturated heterocycles. The van der Waals surface area contributed by atoms with E-state index in [4.69, 9.17) is 5.11 Å². The topological polar surface area (TPSA) is 66.4 Å². The highest BCUT2D eigenvalue weighted by Crippen LogP contribution is 2.20. The molecule has 0 atom stereocenters. The molecular formula is C13H17NO3. The largest absolute Gasteiger partial charge is 0.480 e. The molecule has 0 aromatic heterocycles. The van der Waals surface area contributed by atoms with E-state index in [0.29, 0.717) is 5.69 Å². The summed E-state index contributed by atoms with van der Waals surface area (Å²) in [5, 5.41) is 11.5.